The number of anilines is 2. The fraction of sp³-hybridized carbons (Fsp3) is 0.353. The smallest absolute Gasteiger partial charge is 0.275 e. The second-order valence-corrected chi connectivity index (χ2v) is 6.44. The summed E-state index contributed by atoms with van der Waals surface area (Å²) < 4.78 is 15.4. The number of carbonyl (C=O) groups is 1. The monoisotopic (exact) mass is 370 g/mol. The van der Waals surface area contributed by atoms with Crippen molar-refractivity contribution in [1.29, 1.82) is 0 Å². The number of nitrogens with one attached hydrogen (secondary N) is 2. The lowest BCUT2D eigenvalue weighted by atomic mass is 10.3. The zero-order valence-electron chi connectivity index (χ0n) is 15.0. The van der Waals surface area contributed by atoms with E-state index in [1.54, 1.807) is 13.1 Å². The summed E-state index contributed by atoms with van der Waals surface area (Å²) in [6, 6.07) is 1.63. The number of hydrogen-bond acceptors (Lipinski definition) is 7. The van der Waals surface area contributed by atoms with Gasteiger partial charge in [0.25, 0.3) is 5.91 Å². The number of hydrogen-bond donors (Lipinski definition) is 2. The maximum absolute atomic E-state index is 14.1. The van der Waals surface area contributed by atoms with Gasteiger partial charge < -0.3 is 15.5 Å². The highest BCUT2D eigenvalue weighted by molar-refractivity contribution is 6.02. The molecular weight excluding hydrogens is 351 g/mol. The van der Waals surface area contributed by atoms with Crippen LogP contribution in [-0.4, -0.2) is 56.7 Å². The van der Waals surface area contributed by atoms with Gasteiger partial charge in [-0.1, -0.05) is 0 Å². The normalized spacial score (nSPS) is 16.9. The van der Waals surface area contributed by atoms with Crippen LogP contribution in [0.1, 0.15) is 22.7 Å². The number of fused-ring (bicyclic) bond motifs is 1. The van der Waals surface area contributed by atoms with Crippen molar-refractivity contribution in [1.82, 2.24) is 29.9 Å². The van der Waals surface area contributed by atoms with Crippen molar-refractivity contribution in [2.75, 3.05) is 30.4 Å². The van der Waals surface area contributed by atoms with Gasteiger partial charge in [-0.05, 0) is 20.4 Å². The van der Waals surface area contributed by atoms with Crippen LogP contribution in [0.15, 0.2) is 24.7 Å². The number of aromatic nitrogens is 5. The molecule has 0 aromatic carbocycles. The lowest BCUT2D eigenvalue weighted by molar-refractivity contribution is 0.102. The van der Waals surface area contributed by atoms with Gasteiger partial charge >= 0.3 is 0 Å². The van der Waals surface area contributed by atoms with Gasteiger partial charge in [0.15, 0.2) is 11.5 Å². The number of aryl methyl sites for hydroxylation is 1. The van der Waals surface area contributed by atoms with Crippen LogP contribution in [0.3, 0.4) is 0 Å². The summed E-state index contributed by atoms with van der Waals surface area (Å²) in [7, 11) is 1.94. The molecule has 10 heteroatoms. The van der Waals surface area contributed by atoms with Gasteiger partial charge in [0.1, 0.15) is 17.3 Å². The molecule has 4 rings (SSSR count). The van der Waals surface area contributed by atoms with Crippen LogP contribution >= 0.6 is 0 Å². The summed E-state index contributed by atoms with van der Waals surface area (Å²) in [6.07, 6.45) is 5.54. The molecule has 0 bridgehead atoms. The van der Waals surface area contributed by atoms with Crippen molar-refractivity contribution in [3.63, 3.8) is 0 Å². The van der Waals surface area contributed by atoms with Crippen molar-refractivity contribution in [2.45, 2.75) is 19.4 Å². The summed E-state index contributed by atoms with van der Waals surface area (Å²) in [4.78, 5) is 27.0. The molecule has 9 nitrogen and oxygen atoms in total. The van der Waals surface area contributed by atoms with E-state index in [0.717, 1.165) is 25.3 Å². The molecule has 0 unspecified atom stereocenters. The minimum absolute atomic E-state index is 0.111. The minimum Gasteiger partial charge on any atom is -0.354 e. The Hall–Kier alpha value is -3.14. The average molecular weight is 370 g/mol. The Balaban J connectivity index is 1.48. The number of likely N-dealkylation sites (N-methyl/N-ethyl adjacent to an activating group) is 1. The fourth-order valence-corrected chi connectivity index (χ4v) is 3.12. The molecule has 3 aromatic rings. The molecule has 140 valence electrons. The molecule has 0 radical (unpaired) electrons. The summed E-state index contributed by atoms with van der Waals surface area (Å²) in [5, 5.41) is 9.91. The average Bonchev–Trinajstić information content (AvgIpc) is 3.28. The van der Waals surface area contributed by atoms with Crippen LogP contribution in [0, 0.1) is 12.7 Å². The Kier molecular flexibility index (Phi) is 4.40. The van der Waals surface area contributed by atoms with E-state index in [-0.39, 0.29) is 17.0 Å². The van der Waals surface area contributed by atoms with E-state index in [1.807, 2.05) is 7.05 Å². The largest absolute Gasteiger partial charge is 0.354 e. The summed E-state index contributed by atoms with van der Waals surface area (Å²) in [5.41, 5.74) is 0.524. The van der Waals surface area contributed by atoms with Gasteiger partial charge in [-0.25, -0.2) is 23.9 Å². The first-order chi connectivity index (χ1) is 13.0. The third kappa shape index (κ3) is 3.43. The van der Waals surface area contributed by atoms with Crippen molar-refractivity contribution in [3.8, 4) is 0 Å². The van der Waals surface area contributed by atoms with E-state index in [4.69, 9.17) is 0 Å². The van der Waals surface area contributed by atoms with E-state index in [1.165, 1.54) is 23.0 Å². The molecule has 1 saturated heterocycles. The van der Waals surface area contributed by atoms with Gasteiger partial charge in [0.05, 0.1) is 24.3 Å². The van der Waals surface area contributed by atoms with E-state index in [0.29, 0.717) is 11.9 Å². The molecule has 0 aliphatic carbocycles. The van der Waals surface area contributed by atoms with Crippen molar-refractivity contribution >= 4 is 23.1 Å². The number of amides is 1. The number of halogens is 1. The predicted octanol–water partition coefficient (Wildman–Crippen LogP) is 1.02. The first-order valence-electron chi connectivity index (χ1n) is 8.61. The zero-order valence-corrected chi connectivity index (χ0v) is 15.0. The molecular formula is C17H19FN8O. The highest BCUT2D eigenvalue weighted by Gasteiger charge is 2.22. The molecule has 0 spiro atoms. The Morgan fingerprint density at radius 1 is 1.33 bits per heavy atom. The van der Waals surface area contributed by atoms with Crippen molar-refractivity contribution in [3.05, 3.63) is 42.0 Å². The fourth-order valence-electron chi connectivity index (χ4n) is 3.12. The number of nitrogens with zero attached hydrogens (tertiary/aromatic N) is 6. The summed E-state index contributed by atoms with van der Waals surface area (Å²) >= 11 is 0. The van der Waals surface area contributed by atoms with Gasteiger partial charge in [-0.15, -0.1) is 0 Å². The van der Waals surface area contributed by atoms with Crippen LogP contribution in [0.4, 0.5) is 15.9 Å². The highest BCUT2D eigenvalue weighted by Crippen LogP contribution is 2.18. The van der Waals surface area contributed by atoms with Gasteiger partial charge in [-0.3, -0.25) is 4.79 Å². The highest BCUT2D eigenvalue weighted by atomic mass is 19.1. The van der Waals surface area contributed by atoms with Crippen LogP contribution in [0.25, 0.3) is 5.65 Å². The maximum atomic E-state index is 14.1. The Morgan fingerprint density at radius 2 is 2.19 bits per heavy atom. The first-order valence-corrected chi connectivity index (χ1v) is 8.61. The molecule has 1 atom stereocenters. The van der Waals surface area contributed by atoms with E-state index < -0.39 is 11.7 Å². The topological polar surface area (TPSA) is 100 Å². The maximum Gasteiger partial charge on any atom is 0.275 e. The molecule has 4 heterocycles. The first kappa shape index (κ1) is 17.3. The number of rotatable bonds is 4. The van der Waals surface area contributed by atoms with Crippen molar-refractivity contribution < 1.29 is 9.18 Å². The second kappa shape index (κ2) is 6.88. The molecule has 0 saturated carbocycles. The van der Waals surface area contributed by atoms with Gasteiger partial charge in [-0.2, -0.15) is 5.10 Å². The Morgan fingerprint density at radius 3 is 2.89 bits per heavy atom. The third-order valence-electron chi connectivity index (χ3n) is 4.54. The van der Waals surface area contributed by atoms with Gasteiger partial charge in [0, 0.05) is 25.2 Å². The van der Waals surface area contributed by atoms with Crippen LogP contribution in [-0.2, 0) is 0 Å². The van der Waals surface area contributed by atoms with Crippen LogP contribution in [0.5, 0.6) is 0 Å². The summed E-state index contributed by atoms with van der Waals surface area (Å²) in [6.45, 7) is 3.41. The Bertz CT molecular complexity index is 987. The predicted molar refractivity (Wildman–Crippen MR) is 97.3 cm³/mol. The quantitative estimate of drug-likeness (QED) is 0.707. The molecule has 1 fully saturated rings. The lowest BCUT2D eigenvalue weighted by Crippen LogP contribution is -2.30. The molecule has 1 amide bonds. The Labute approximate surface area is 154 Å². The summed E-state index contributed by atoms with van der Waals surface area (Å²) in [5.74, 6) is 0.137. The third-order valence-corrected chi connectivity index (χ3v) is 4.54. The number of carbonyl (C=O) groups excluding carboxylic acids is 1. The molecule has 3 aromatic heterocycles. The molecule has 1 aliphatic heterocycles. The SMILES string of the molecule is CN[C@@H]1CCN(c2cnc(C(=O)Nc3cc(F)c4nc(C)nn4c3)cn2)C1. The van der Waals surface area contributed by atoms with E-state index >= 15 is 0 Å². The standard InChI is InChI=1S/C17H19FN8O/c1-10-22-16-13(18)5-12(9-26(16)24-10)23-17(27)14-6-21-15(7-20-14)25-4-3-11(8-25)19-2/h5-7,9,11,19H,3-4,8H2,1-2H3,(H,23,27)/t11-/m1/s1. The molecule has 27 heavy (non-hydrogen) atoms. The second-order valence-electron chi connectivity index (χ2n) is 6.44. The van der Waals surface area contributed by atoms with Crippen molar-refractivity contribution in [2.24, 2.45) is 0 Å². The van der Waals surface area contributed by atoms with Gasteiger partial charge in [0.2, 0.25) is 0 Å². The van der Waals surface area contributed by atoms with E-state index in [2.05, 4.69) is 35.6 Å². The van der Waals surface area contributed by atoms with Crippen LogP contribution in [0.2, 0.25) is 0 Å². The number of pyridine rings is 1. The van der Waals surface area contributed by atoms with Crippen LogP contribution < -0.4 is 15.5 Å². The molecule has 2 N–H and O–H groups in total. The van der Waals surface area contributed by atoms with E-state index in [9.17, 15) is 9.18 Å². The minimum atomic E-state index is -0.567. The lowest BCUT2D eigenvalue weighted by Gasteiger charge is -2.16. The zero-order chi connectivity index (χ0) is 19.0. The molecule has 1 aliphatic rings.